The Labute approximate surface area is 267 Å². The van der Waals surface area contributed by atoms with Crippen molar-refractivity contribution >= 4 is 78.0 Å². The van der Waals surface area contributed by atoms with E-state index in [2.05, 4.69) is 163 Å². The molecule has 4 heteroatoms. The molecule has 3 aliphatic rings. The van der Waals surface area contributed by atoms with Crippen molar-refractivity contribution in [2.75, 3.05) is 9.80 Å². The molecule has 0 atom stereocenters. The Hall–Kier alpha value is -5.06. The van der Waals surface area contributed by atoms with Crippen LogP contribution < -0.4 is 26.2 Å². The van der Waals surface area contributed by atoms with Crippen molar-refractivity contribution < 1.29 is 0 Å². The van der Waals surface area contributed by atoms with Gasteiger partial charge in [-0.3, -0.25) is 0 Å². The molecule has 1 aromatic heterocycles. The van der Waals surface area contributed by atoms with Gasteiger partial charge in [0.15, 0.2) is 0 Å². The minimum atomic E-state index is -0.0552. The predicted molar refractivity (Wildman–Crippen MR) is 193 cm³/mol. The summed E-state index contributed by atoms with van der Waals surface area (Å²) in [5.74, 6) is 0. The molecule has 0 N–H and O–H groups in total. The summed E-state index contributed by atoms with van der Waals surface area (Å²) in [6.45, 7) is 4.90. The van der Waals surface area contributed by atoms with Gasteiger partial charge in [0.2, 0.25) is 0 Å². The van der Waals surface area contributed by atoms with Crippen LogP contribution in [0.4, 0.5) is 33.4 Å². The van der Waals surface area contributed by atoms with Crippen molar-refractivity contribution in [3.8, 4) is 11.1 Å². The van der Waals surface area contributed by atoms with Crippen LogP contribution in [0.2, 0.25) is 0 Å². The number of anilines is 6. The lowest BCUT2D eigenvalue weighted by Crippen LogP contribution is -2.61. The monoisotopic (exact) mass is 592 g/mol. The highest BCUT2D eigenvalue weighted by Crippen LogP contribution is 2.53. The topological polar surface area (TPSA) is 6.48 Å². The number of hydrogen-bond donors (Lipinski definition) is 0. The lowest BCUT2D eigenvalue weighted by Gasteiger charge is -2.43. The van der Waals surface area contributed by atoms with Gasteiger partial charge < -0.3 is 9.80 Å². The summed E-state index contributed by atoms with van der Waals surface area (Å²) in [6.07, 6.45) is 0. The second-order valence-electron chi connectivity index (χ2n) is 12.9. The van der Waals surface area contributed by atoms with Crippen LogP contribution in [0.25, 0.3) is 21.2 Å². The maximum absolute atomic E-state index is 2.54. The van der Waals surface area contributed by atoms with Gasteiger partial charge >= 0.3 is 0 Å². The average molecular weight is 593 g/mol. The number of thiophene rings is 1. The number of hydrogen-bond acceptors (Lipinski definition) is 3. The molecule has 0 unspecified atom stereocenters. The molecule has 2 aliphatic heterocycles. The smallest absolute Gasteiger partial charge is 0.254 e. The van der Waals surface area contributed by atoms with Gasteiger partial charge in [-0.25, -0.2) is 0 Å². The number of nitrogens with zero attached hydrogens (tertiary/aromatic N) is 2. The number of benzene rings is 6. The van der Waals surface area contributed by atoms with Crippen LogP contribution >= 0.6 is 11.3 Å². The number of fused-ring (bicyclic) bond motifs is 9. The van der Waals surface area contributed by atoms with Gasteiger partial charge in [-0.15, -0.1) is 11.3 Å². The zero-order chi connectivity index (χ0) is 29.9. The van der Waals surface area contributed by atoms with Crippen molar-refractivity contribution in [3.63, 3.8) is 0 Å². The third kappa shape index (κ3) is 3.30. The van der Waals surface area contributed by atoms with Crippen LogP contribution in [0.15, 0.2) is 140 Å². The first kappa shape index (κ1) is 25.3. The van der Waals surface area contributed by atoms with Gasteiger partial charge in [0, 0.05) is 38.6 Å². The second kappa shape index (κ2) is 9.00. The Morgan fingerprint density at radius 1 is 0.533 bits per heavy atom. The van der Waals surface area contributed by atoms with E-state index in [1.165, 1.54) is 82.2 Å². The highest BCUT2D eigenvalue weighted by atomic mass is 32.1. The molecule has 0 saturated carbocycles. The van der Waals surface area contributed by atoms with Crippen LogP contribution in [-0.4, -0.2) is 6.71 Å². The van der Waals surface area contributed by atoms with Crippen LogP contribution in [0.3, 0.4) is 0 Å². The zero-order valence-corrected chi connectivity index (χ0v) is 26.0. The van der Waals surface area contributed by atoms with Gasteiger partial charge in [0.05, 0.1) is 5.00 Å². The number of para-hydroxylation sites is 3. The Bertz CT molecular complexity index is 2320. The van der Waals surface area contributed by atoms with Gasteiger partial charge in [0.1, 0.15) is 0 Å². The summed E-state index contributed by atoms with van der Waals surface area (Å²) >= 11 is 1.94. The van der Waals surface area contributed by atoms with E-state index in [0.29, 0.717) is 0 Å². The highest BCUT2D eigenvalue weighted by molar-refractivity contribution is 7.26. The molecule has 0 amide bonds. The molecular weight excluding hydrogens is 563 g/mol. The number of rotatable bonds is 2. The normalized spacial score (nSPS) is 14.9. The minimum Gasteiger partial charge on any atom is -0.311 e. The first-order chi connectivity index (χ1) is 22.1. The van der Waals surface area contributed by atoms with Gasteiger partial charge in [-0.1, -0.05) is 98.8 Å². The van der Waals surface area contributed by atoms with Crippen molar-refractivity contribution in [1.82, 2.24) is 0 Å². The van der Waals surface area contributed by atoms with E-state index in [0.717, 1.165) is 0 Å². The SMILES string of the molecule is CC1(C)c2ccccc2-c2cc3sc4c(c3cc21)B1c2ccccc2N(c2ccccc2)c2cccc(c21)N4c1ccccc1. The third-order valence-electron chi connectivity index (χ3n) is 10.3. The molecule has 0 spiro atoms. The average Bonchev–Trinajstić information content (AvgIpc) is 3.56. The van der Waals surface area contributed by atoms with Crippen LogP contribution in [0.5, 0.6) is 0 Å². The molecule has 7 aromatic rings. The summed E-state index contributed by atoms with van der Waals surface area (Å²) in [4.78, 5) is 4.99. The standard InChI is InChI=1S/C41H29BN2S/c1-41(2)31-19-10-9-18-28(31)29-25-37-30(24-32(29)41)38-40(45-37)44(27-16-7-4-8-17-27)36-23-13-22-35-39(36)42(38)33-20-11-12-21-34(33)43(35)26-14-5-3-6-15-26/h3-25H,1-2H3. The molecule has 0 saturated heterocycles. The van der Waals surface area contributed by atoms with Crippen molar-refractivity contribution in [3.05, 3.63) is 151 Å². The van der Waals surface area contributed by atoms with Crippen LogP contribution in [0.1, 0.15) is 25.0 Å². The van der Waals surface area contributed by atoms with Gasteiger partial charge in [-0.05, 0) is 98.6 Å². The molecule has 10 rings (SSSR count). The van der Waals surface area contributed by atoms with Crippen molar-refractivity contribution in [2.24, 2.45) is 0 Å². The quantitative estimate of drug-likeness (QED) is 0.185. The van der Waals surface area contributed by atoms with Crippen molar-refractivity contribution in [1.29, 1.82) is 0 Å². The Morgan fingerprint density at radius 3 is 1.93 bits per heavy atom. The van der Waals surface area contributed by atoms with E-state index in [9.17, 15) is 0 Å². The summed E-state index contributed by atoms with van der Waals surface area (Å²) in [5, 5.41) is 2.70. The van der Waals surface area contributed by atoms with Gasteiger partial charge in [0.25, 0.3) is 6.71 Å². The fourth-order valence-corrected chi connectivity index (χ4v) is 9.58. The van der Waals surface area contributed by atoms with E-state index in [1.807, 2.05) is 11.3 Å². The molecule has 0 bridgehead atoms. The Balaban J connectivity index is 1.32. The third-order valence-corrected chi connectivity index (χ3v) is 11.4. The largest absolute Gasteiger partial charge is 0.311 e. The van der Waals surface area contributed by atoms with E-state index < -0.39 is 0 Å². The highest BCUT2D eigenvalue weighted by Gasteiger charge is 2.45. The van der Waals surface area contributed by atoms with Crippen LogP contribution in [-0.2, 0) is 5.41 Å². The fourth-order valence-electron chi connectivity index (χ4n) is 8.29. The maximum atomic E-state index is 2.54. The van der Waals surface area contributed by atoms with Crippen molar-refractivity contribution in [2.45, 2.75) is 19.3 Å². The maximum Gasteiger partial charge on any atom is 0.254 e. The van der Waals surface area contributed by atoms with Crippen LogP contribution in [0, 0.1) is 0 Å². The van der Waals surface area contributed by atoms with E-state index in [-0.39, 0.29) is 12.1 Å². The Kier molecular flexibility index (Phi) is 5.06. The molecule has 0 fully saturated rings. The zero-order valence-electron chi connectivity index (χ0n) is 25.2. The van der Waals surface area contributed by atoms with E-state index >= 15 is 0 Å². The first-order valence-electron chi connectivity index (χ1n) is 15.7. The summed E-state index contributed by atoms with van der Waals surface area (Å²) in [5.41, 5.74) is 15.9. The predicted octanol–water partition coefficient (Wildman–Crippen LogP) is 9.29. The molecule has 2 nitrogen and oxygen atoms in total. The molecule has 1 aliphatic carbocycles. The Morgan fingerprint density at radius 2 is 1.16 bits per heavy atom. The lowest BCUT2D eigenvalue weighted by molar-refractivity contribution is 0.661. The minimum absolute atomic E-state index is 0.0552. The first-order valence-corrected chi connectivity index (χ1v) is 16.6. The summed E-state index contributed by atoms with van der Waals surface area (Å²) in [7, 11) is 0. The van der Waals surface area contributed by atoms with E-state index in [4.69, 9.17) is 0 Å². The second-order valence-corrected chi connectivity index (χ2v) is 14.0. The summed E-state index contributed by atoms with van der Waals surface area (Å²) < 4.78 is 1.35. The molecule has 3 heterocycles. The fraction of sp³-hybridized carbons (Fsp3) is 0.0732. The lowest BCUT2D eigenvalue weighted by atomic mass is 9.33. The summed E-state index contributed by atoms with van der Waals surface area (Å²) in [6, 6.07) is 51.7. The molecule has 0 radical (unpaired) electrons. The molecule has 6 aromatic carbocycles. The van der Waals surface area contributed by atoms with E-state index in [1.54, 1.807) is 0 Å². The molecule has 212 valence electrons. The van der Waals surface area contributed by atoms with Gasteiger partial charge in [-0.2, -0.15) is 0 Å². The molecule has 45 heavy (non-hydrogen) atoms. The molecular formula is C41H29BN2S.